The monoisotopic (exact) mass is 351 g/mol. The zero-order valence-electron chi connectivity index (χ0n) is 13.9. The molecule has 7 nitrogen and oxygen atoms in total. The Hall–Kier alpha value is -3.79. The quantitative estimate of drug-likeness (QED) is 0.596. The number of hydrogen-bond donors (Lipinski definition) is 1. The maximum absolute atomic E-state index is 12.2. The van der Waals surface area contributed by atoms with Gasteiger partial charge in [0.15, 0.2) is 0 Å². The number of nitrogens with one attached hydrogen (secondary N) is 1. The van der Waals surface area contributed by atoms with Crippen molar-refractivity contribution in [3.8, 4) is 17.6 Å². The predicted octanol–water partition coefficient (Wildman–Crippen LogP) is 1.37. The molecule has 2 aromatic carbocycles. The van der Waals surface area contributed by atoms with Gasteiger partial charge in [0.25, 0.3) is 5.91 Å². The van der Waals surface area contributed by atoms with Crippen molar-refractivity contribution >= 4 is 23.6 Å². The number of methoxy groups -OCH3 is 1. The highest BCUT2D eigenvalue weighted by atomic mass is 16.5. The van der Waals surface area contributed by atoms with E-state index in [2.05, 4.69) is 5.32 Å². The lowest BCUT2D eigenvalue weighted by atomic mass is 10.1. The van der Waals surface area contributed by atoms with Crippen molar-refractivity contribution in [1.82, 2.24) is 0 Å². The first-order chi connectivity index (χ1) is 12.5. The van der Waals surface area contributed by atoms with E-state index in [4.69, 9.17) is 9.47 Å². The normalized spacial score (nSPS) is 10.5. The van der Waals surface area contributed by atoms with Gasteiger partial charge in [-0.2, -0.15) is 5.26 Å². The Bertz CT molecular complexity index is 849. The van der Waals surface area contributed by atoms with Gasteiger partial charge in [0, 0.05) is 5.69 Å². The second kappa shape index (κ2) is 8.89. The van der Waals surface area contributed by atoms with Crippen molar-refractivity contribution in [2.75, 3.05) is 19.0 Å². The first-order valence-electron chi connectivity index (χ1n) is 7.51. The Morgan fingerprint density at radius 3 is 2.27 bits per heavy atom. The zero-order chi connectivity index (χ0) is 18.9. The predicted molar refractivity (Wildman–Crippen MR) is 92.2 cm³/mol. The smallest absolute Gasteiger partial charge is 0.266 e. The summed E-state index contributed by atoms with van der Waals surface area (Å²) in [5.41, 5.74) is 1.04. The van der Waals surface area contributed by atoms with E-state index in [0.29, 0.717) is 22.7 Å². The van der Waals surface area contributed by atoms with Crippen molar-refractivity contribution < 1.29 is 24.2 Å². The third kappa shape index (κ3) is 5.39. The van der Waals surface area contributed by atoms with E-state index in [1.54, 1.807) is 43.5 Å². The SMILES string of the molecule is COc1ccc(NC(=O)/C(C#N)=C/c2ccc(OCC(=O)[O-])cc2)cc1. The molecule has 0 saturated carbocycles. The first-order valence-corrected chi connectivity index (χ1v) is 7.51. The van der Waals surface area contributed by atoms with Gasteiger partial charge in [-0.25, -0.2) is 0 Å². The summed E-state index contributed by atoms with van der Waals surface area (Å²) in [5.74, 6) is -0.876. The molecule has 0 radical (unpaired) electrons. The Morgan fingerprint density at radius 1 is 1.12 bits per heavy atom. The highest BCUT2D eigenvalue weighted by molar-refractivity contribution is 6.09. The van der Waals surface area contributed by atoms with Crippen molar-refractivity contribution in [3.05, 3.63) is 59.7 Å². The number of carboxylic acid groups (broad SMARTS) is 1. The number of carboxylic acids is 1. The van der Waals surface area contributed by atoms with Gasteiger partial charge in [0.05, 0.1) is 13.1 Å². The number of benzene rings is 2. The van der Waals surface area contributed by atoms with Gasteiger partial charge in [0.1, 0.15) is 29.7 Å². The molecule has 26 heavy (non-hydrogen) atoms. The van der Waals surface area contributed by atoms with Crippen LogP contribution in [0.2, 0.25) is 0 Å². The zero-order valence-corrected chi connectivity index (χ0v) is 13.9. The van der Waals surface area contributed by atoms with Crippen molar-refractivity contribution in [1.29, 1.82) is 5.26 Å². The summed E-state index contributed by atoms with van der Waals surface area (Å²) in [6.45, 7) is -0.553. The molecule has 0 bridgehead atoms. The van der Waals surface area contributed by atoms with Crippen LogP contribution in [0.4, 0.5) is 5.69 Å². The lowest BCUT2D eigenvalue weighted by Crippen LogP contribution is -2.28. The second-order valence-corrected chi connectivity index (χ2v) is 5.08. The highest BCUT2D eigenvalue weighted by Gasteiger charge is 2.09. The molecule has 2 rings (SSSR count). The van der Waals surface area contributed by atoms with Gasteiger partial charge >= 0.3 is 0 Å². The van der Waals surface area contributed by atoms with Gasteiger partial charge in [0.2, 0.25) is 0 Å². The van der Waals surface area contributed by atoms with Crippen molar-refractivity contribution in [2.45, 2.75) is 0 Å². The van der Waals surface area contributed by atoms with Crippen LogP contribution in [0.15, 0.2) is 54.1 Å². The van der Waals surface area contributed by atoms with Crippen LogP contribution in [0.25, 0.3) is 6.08 Å². The Labute approximate surface area is 150 Å². The maximum atomic E-state index is 12.2. The van der Waals surface area contributed by atoms with Crippen LogP contribution in [0, 0.1) is 11.3 Å². The number of nitrogens with zero attached hydrogens (tertiary/aromatic N) is 1. The second-order valence-electron chi connectivity index (χ2n) is 5.08. The number of carbonyl (C=O) groups is 2. The molecule has 0 fully saturated rings. The van der Waals surface area contributed by atoms with Crippen LogP contribution in [-0.4, -0.2) is 25.6 Å². The van der Waals surface area contributed by atoms with E-state index >= 15 is 0 Å². The van der Waals surface area contributed by atoms with E-state index in [9.17, 15) is 20.0 Å². The van der Waals surface area contributed by atoms with Gasteiger partial charge in [-0.1, -0.05) is 12.1 Å². The maximum Gasteiger partial charge on any atom is 0.266 e. The number of anilines is 1. The number of nitriles is 1. The summed E-state index contributed by atoms with van der Waals surface area (Å²) in [6.07, 6.45) is 1.42. The molecule has 0 spiro atoms. The standard InChI is InChI=1S/C19H16N2O5/c1-25-16-8-4-15(5-9-16)21-19(24)14(11-20)10-13-2-6-17(7-3-13)26-12-18(22)23/h2-10H,12H2,1H3,(H,21,24)(H,22,23)/p-1/b14-10+. The number of amides is 1. The molecule has 0 saturated heterocycles. The lowest BCUT2D eigenvalue weighted by Gasteiger charge is -2.07. The summed E-state index contributed by atoms with van der Waals surface area (Å²) < 4.78 is 10.0. The van der Waals surface area contributed by atoms with E-state index in [1.165, 1.54) is 18.2 Å². The minimum Gasteiger partial charge on any atom is -0.546 e. The molecule has 1 N–H and O–H groups in total. The molecule has 0 heterocycles. The third-order valence-corrected chi connectivity index (χ3v) is 3.26. The topological polar surface area (TPSA) is 111 Å². The molecule has 7 heteroatoms. The van der Waals surface area contributed by atoms with Gasteiger partial charge in [-0.3, -0.25) is 4.79 Å². The number of ether oxygens (including phenoxy) is 2. The number of carbonyl (C=O) groups excluding carboxylic acids is 2. The fourth-order valence-corrected chi connectivity index (χ4v) is 1.99. The van der Waals surface area contributed by atoms with E-state index < -0.39 is 18.5 Å². The van der Waals surface area contributed by atoms with Crippen LogP contribution in [0.1, 0.15) is 5.56 Å². The molecule has 132 valence electrons. The van der Waals surface area contributed by atoms with Crippen molar-refractivity contribution in [3.63, 3.8) is 0 Å². The summed E-state index contributed by atoms with van der Waals surface area (Å²) in [6, 6.07) is 14.8. The minimum atomic E-state index is -1.32. The molecule has 0 aliphatic carbocycles. The summed E-state index contributed by atoms with van der Waals surface area (Å²) in [4.78, 5) is 22.6. The molecule has 0 aromatic heterocycles. The van der Waals surface area contributed by atoms with Gasteiger partial charge < -0.3 is 24.7 Å². The molecule has 1 amide bonds. The van der Waals surface area contributed by atoms with E-state index in [0.717, 1.165) is 0 Å². The fraction of sp³-hybridized carbons (Fsp3) is 0.105. The minimum absolute atomic E-state index is 0.0794. The Morgan fingerprint density at radius 2 is 1.73 bits per heavy atom. The summed E-state index contributed by atoms with van der Waals surface area (Å²) >= 11 is 0. The largest absolute Gasteiger partial charge is 0.546 e. The average molecular weight is 351 g/mol. The number of aliphatic carboxylic acids is 1. The van der Waals surface area contributed by atoms with Crippen LogP contribution in [-0.2, 0) is 9.59 Å². The van der Waals surface area contributed by atoms with Gasteiger partial charge in [-0.05, 0) is 48.0 Å². The molecule has 2 aromatic rings. The van der Waals surface area contributed by atoms with Crippen molar-refractivity contribution in [2.24, 2.45) is 0 Å². The number of hydrogen-bond acceptors (Lipinski definition) is 6. The summed E-state index contributed by atoms with van der Waals surface area (Å²) in [5, 5.41) is 22.2. The first kappa shape index (κ1) is 18.5. The van der Waals surface area contributed by atoms with E-state index in [1.807, 2.05) is 6.07 Å². The Balaban J connectivity index is 2.07. The Kier molecular flexibility index (Phi) is 6.34. The molecular formula is C19H15N2O5-. The molecule has 0 atom stereocenters. The fourth-order valence-electron chi connectivity index (χ4n) is 1.99. The lowest BCUT2D eigenvalue weighted by molar-refractivity contribution is -0.307. The third-order valence-electron chi connectivity index (χ3n) is 3.26. The summed E-state index contributed by atoms with van der Waals surface area (Å²) in [7, 11) is 1.54. The van der Waals surface area contributed by atoms with Crippen LogP contribution < -0.4 is 19.9 Å². The molecule has 0 unspecified atom stereocenters. The van der Waals surface area contributed by atoms with Crippen LogP contribution >= 0.6 is 0 Å². The molecule has 0 aliphatic heterocycles. The highest BCUT2D eigenvalue weighted by Crippen LogP contribution is 2.17. The van der Waals surface area contributed by atoms with Crippen LogP contribution in [0.3, 0.4) is 0 Å². The number of rotatable bonds is 7. The van der Waals surface area contributed by atoms with Gasteiger partial charge in [-0.15, -0.1) is 0 Å². The van der Waals surface area contributed by atoms with E-state index in [-0.39, 0.29) is 5.57 Å². The molecule has 0 aliphatic rings. The average Bonchev–Trinajstić information content (AvgIpc) is 2.65. The molecular weight excluding hydrogens is 336 g/mol. The van der Waals surface area contributed by atoms with Crippen LogP contribution in [0.5, 0.6) is 11.5 Å².